The van der Waals surface area contributed by atoms with E-state index in [1.54, 1.807) is 11.8 Å². The first-order valence-corrected chi connectivity index (χ1v) is 8.13. The standard InChI is InChI=1S/C18H20N4O3/c1-12-15(17(19)24)9-20-18(21-12)13-7-8-22(10-13)16(23)11-25-14-5-3-2-4-6-14/h2-6,9,13H,7-8,10-11H2,1H3,(H2,19,24)/t13-/m1/s1. The molecule has 0 unspecified atom stereocenters. The minimum absolute atomic E-state index is 0.0111. The molecule has 7 nitrogen and oxygen atoms in total. The number of primary amides is 1. The van der Waals surface area contributed by atoms with Crippen LogP contribution in [0, 0.1) is 6.92 Å². The van der Waals surface area contributed by atoms with Crippen molar-refractivity contribution in [3.63, 3.8) is 0 Å². The lowest BCUT2D eigenvalue weighted by molar-refractivity contribution is -0.132. The summed E-state index contributed by atoms with van der Waals surface area (Å²) >= 11 is 0. The lowest BCUT2D eigenvalue weighted by Crippen LogP contribution is -2.33. The molecule has 2 aromatic rings. The van der Waals surface area contributed by atoms with Crippen molar-refractivity contribution in [2.24, 2.45) is 5.73 Å². The predicted molar refractivity (Wildman–Crippen MR) is 91.2 cm³/mol. The largest absolute Gasteiger partial charge is 0.484 e. The number of para-hydroxylation sites is 1. The molecule has 2 amide bonds. The van der Waals surface area contributed by atoms with E-state index in [4.69, 9.17) is 10.5 Å². The molecule has 1 aliphatic heterocycles. The van der Waals surface area contributed by atoms with Crippen molar-refractivity contribution >= 4 is 11.8 Å². The Bertz CT molecular complexity index is 779. The smallest absolute Gasteiger partial charge is 0.260 e. The van der Waals surface area contributed by atoms with Gasteiger partial charge in [-0.3, -0.25) is 9.59 Å². The van der Waals surface area contributed by atoms with Crippen molar-refractivity contribution in [3.8, 4) is 5.75 Å². The lowest BCUT2D eigenvalue weighted by atomic mass is 10.1. The van der Waals surface area contributed by atoms with Crippen LogP contribution in [0.4, 0.5) is 0 Å². The molecule has 3 rings (SSSR count). The normalized spacial score (nSPS) is 16.7. The van der Waals surface area contributed by atoms with Crippen molar-refractivity contribution in [1.82, 2.24) is 14.9 Å². The SMILES string of the molecule is Cc1nc([C@@H]2CCN(C(=O)COc3ccccc3)C2)ncc1C(N)=O. The molecule has 2 N–H and O–H groups in total. The minimum atomic E-state index is -0.537. The number of benzene rings is 1. The maximum Gasteiger partial charge on any atom is 0.260 e. The molecular formula is C18H20N4O3. The van der Waals surface area contributed by atoms with E-state index in [1.807, 2.05) is 30.3 Å². The fourth-order valence-corrected chi connectivity index (χ4v) is 2.87. The number of amides is 2. The Morgan fingerprint density at radius 1 is 1.32 bits per heavy atom. The summed E-state index contributed by atoms with van der Waals surface area (Å²) in [4.78, 5) is 34.0. The van der Waals surface area contributed by atoms with E-state index in [1.165, 1.54) is 6.20 Å². The van der Waals surface area contributed by atoms with Gasteiger partial charge < -0.3 is 15.4 Å². The van der Waals surface area contributed by atoms with Gasteiger partial charge in [-0.2, -0.15) is 0 Å². The minimum Gasteiger partial charge on any atom is -0.484 e. The molecular weight excluding hydrogens is 320 g/mol. The number of ether oxygens (including phenoxy) is 1. The summed E-state index contributed by atoms with van der Waals surface area (Å²) in [6, 6.07) is 9.25. The van der Waals surface area contributed by atoms with Crippen molar-refractivity contribution in [2.75, 3.05) is 19.7 Å². The number of nitrogens with two attached hydrogens (primary N) is 1. The van der Waals surface area contributed by atoms with Crippen LogP contribution in [0.25, 0.3) is 0 Å². The Balaban J connectivity index is 1.58. The first kappa shape index (κ1) is 16.9. The van der Waals surface area contributed by atoms with Crippen LogP contribution in [0.15, 0.2) is 36.5 Å². The van der Waals surface area contributed by atoms with Crippen molar-refractivity contribution in [2.45, 2.75) is 19.3 Å². The summed E-state index contributed by atoms with van der Waals surface area (Å²) in [7, 11) is 0. The average molecular weight is 340 g/mol. The summed E-state index contributed by atoms with van der Waals surface area (Å²) in [6.45, 7) is 2.93. The van der Waals surface area contributed by atoms with Crippen LogP contribution >= 0.6 is 0 Å². The quantitative estimate of drug-likeness (QED) is 0.884. The third kappa shape index (κ3) is 3.93. The molecule has 1 aromatic carbocycles. The second kappa shape index (κ2) is 7.29. The maximum absolute atomic E-state index is 12.3. The number of hydrogen-bond acceptors (Lipinski definition) is 5. The van der Waals surface area contributed by atoms with Gasteiger partial charge in [0.25, 0.3) is 11.8 Å². The van der Waals surface area contributed by atoms with E-state index >= 15 is 0 Å². The van der Waals surface area contributed by atoms with Crippen LogP contribution < -0.4 is 10.5 Å². The summed E-state index contributed by atoms with van der Waals surface area (Å²) in [5, 5.41) is 0. The van der Waals surface area contributed by atoms with Gasteiger partial charge >= 0.3 is 0 Å². The van der Waals surface area contributed by atoms with Gasteiger partial charge in [0.05, 0.1) is 11.3 Å². The number of rotatable bonds is 5. The van der Waals surface area contributed by atoms with Crippen LogP contribution in [0.1, 0.15) is 34.2 Å². The molecule has 0 saturated carbocycles. The molecule has 1 aliphatic rings. The zero-order valence-electron chi connectivity index (χ0n) is 14.0. The third-order valence-corrected chi connectivity index (χ3v) is 4.28. The number of likely N-dealkylation sites (tertiary alicyclic amines) is 1. The predicted octanol–water partition coefficient (Wildman–Crippen LogP) is 1.28. The Labute approximate surface area is 145 Å². The maximum atomic E-state index is 12.3. The number of carbonyl (C=O) groups is 2. The molecule has 7 heteroatoms. The van der Waals surface area contributed by atoms with E-state index in [0.717, 1.165) is 6.42 Å². The van der Waals surface area contributed by atoms with E-state index in [0.29, 0.717) is 35.9 Å². The Hall–Kier alpha value is -2.96. The molecule has 1 atom stereocenters. The third-order valence-electron chi connectivity index (χ3n) is 4.28. The molecule has 1 aromatic heterocycles. The Morgan fingerprint density at radius 2 is 2.08 bits per heavy atom. The fraction of sp³-hybridized carbons (Fsp3) is 0.333. The van der Waals surface area contributed by atoms with E-state index in [-0.39, 0.29) is 18.4 Å². The average Bonchev–Trinajstić information content (AvgIpc) is 3.10. The topological polar surface area (TPSA) is 98.4 Å². The van der Waals surface area contributed by atoms with Crippen molar-refractivity contribution in [1.29, 1.82) is 0 Å². The zero-order chi connectivity index (χ0) is 17.8. The van der Waals surface area contributed by atoms with E-state index < -0.39 is 5.91 Å². The first-order chi connectivity index (χ1) is 12.0. The number of nitrogens with zero attached hydrogens (tertiary/aromatic N) is 3. The molecule has 25 heavy (non-hydrogen) atoms. The molecule has 0 radical (unpaired) electrons. The highest BCUT2D eigenvalue weighted by molar-refractivity contribution is 5.93. The van der Waals surface area contributed by atoms with Crippen molar-refractivity contribution in [3.05, 3.63) is 53.6 Å². The Kier molecular flexibility index (Phi) is 4.92. The molecule has 1 saturated heterocycles. The summed E-state index contributed by atoms with van der Waals surface area (Å²) in [5.41, 5.74) is 6.16. The summed E-state index contributed by atoms with van der Waals surface area (Å²) in [6.07, 6.45) is 2.25. The lowest BCUT2D eigenvalue weighted by Gasteiger charge is -2.17. The Morgan fingerprint density at radius 3 is 2.76 bits per heavy atom. The van der Waals surface area contributed by atoms with Crippen LogP contribution in [-0.4, -0.2) is 46.4 Å². The molecule has 1 fully saturated rings. The molecule has 0 aliphatic carbocycles. The monoisotopic (exact) mass is 340 g/mol. The number of aryl methyl sites for hydroxylation is 1. The molecule has 0 bridgehead atoms. The number of aromatic nitrogens is 2. The zero-order valence-corrected chi connectivity index (χ0v) is 14.0. The highest BCUT2D eigenvalue weighted by Crippen LogP contribution is 2.25. The van der Waals surface area contributed by atoms with Gasteiger partial charge in [0.15, 0.2) is 6.61 Å². The molecule has 130 valence electrons. The van der Waals surface area contributed by atoms with Gasteiger partial charge in [-0.25, -0.2) is 9.97 Å². The summed E-state index contributed by atoms with van der Waals surface area (Å²) < 4.78 is 5.51. The molecule has 0 spiro atoms. The van der Waals surface area contributed by atoms with E-state index in [9.17, 15) is 9.59 Å². The second-order valence-electron chi connectivity index (χ2n) is 6.02. The first-order valence-electron chi connectivity index (χ1n) is 8.13. The second-order valence-corrected chi connectivity index (χ2v) is 6.02. The van der Waals surface area contributed by atoms with Gasteiger partial charge in [-0.05, 0) is 25.5 Å². The van der Waals surface area contributed by atoms with Crippen molar-refractivity contribution < 1.29 is 14.3 Å². The van der Waals surface area contributed by atoms with Gasteiger partial charge in [-0.1, -0.05) is 18.2 Å². The summed E-state index contributed by atoms with van der Waals surface area (Å²) in [5.74, 6) is 0.776. The van der Waals surface area contributed by atoms with Crippen LogP contribution in [0.5, 0.6) is 5.75 Å². The number of hydrogen-bond donors (Lipinski definition) is 1. The van der Waals surface area contributed by atoms with Crippen LogP contribution in [0.2, 0.25) is 0 Å². The molecule has 2 heterocycles. The van der Waals surface area contributed by atoms with Gasteiger partial charge in [0.2, 0.25) is 0 Å². The van der Waals surface area contributed by atoms with E-state index in [2.05, 4.69) is 9.97 Å². The number of carbonyl (C=O) groups excluding carboxylic acids is 2. The van der Waals surface area contributed by atoms with Gasteiger partial charge in [-0.15, -0.1) is 0 Å². The highest BCUT2D eigenvalue weighted by atomic mass is 16.5. The fourth-order valence-electron chi connectivity index (χ4n) is 2.87. The van der Waals surface area contributed by atoms with Crippen LogP contribution in [-0.2, 0) is 4.79 Å². The van der Waals surface area contributed by atoms with Crippen LogP contribution in [0.3, 0.4) is 0 Å². The van der Waals surface area contributed by atoms with Gasteiger partial charge in [0.1, 0.15) is 11.6 Å². The van der Waals surface area contributed by atoms with Gasteiger partial charge in [0, 0.05) is 25.2 Å². The highest BCUT2D eigenvalue weighted by Gasteiger charge is 2.29.